The largest absolute Gasteiger partial charge is 0.399 e. The molecule has 5 heteroatoms. The van der Waals surface area contributed by atoms with Gasteiger partial charge in [0.1, 0.15) is 0 Å². The highest BCUT2D eigenvalue weighted by Crippen LogP contribution is 2.06. The van der Waals surface area contributed by atoms with Gasteiger partial charge >= 0.3 is 6.03 Å². The second kappa shape index (κ2) is 5.54. The lowest BCUT2D eigenvalue weighted by molar-refractivity contribution is 0.104. The van der Waals surface area contributed by atoms with E-state index in [1.54, 1.807) is 4.90 Å². The zero-order valence-electron chi connectivity index (χ0n) is 9.69. The van der Waals surface area contributed by atoms with E-state index in [-0.39, 0.29) is 6.03 Å². The van der Waals surface area contributed by atoms with E-state index in [2.05, 4.69) is 5.32 Å². The molecule has 0 aliphatic carbocycles. The van der Waals surface area contributed by atoms with Gasteiger partial charge in [0.05, 0.1) is 13.2 Å². The zero-order valence-corrected chi connectivity index (χ0v) is 9.69. The van der Waals surface area contributed by atoms with Crippen molar-refractivity contribution < 1.29 is 9.53 Å². The highest BCUT2D eigenvalue weighted by molar-refractivity contribution is 5.76. The van der Waals surface area contributed by atoms with E-state index < -0.39 is 0 Å². The summed E-state index contributed by atoms with van der Waals surface area (Å²) >= 11 is 0. The Morgan fingerprint density at radius 2 is 2.12 bits per heavy atom. The summed E-state index contributed by atoms with van der Waals surface area (Å²) in [5.41, 5.74) is 7.43. The quantitative estimate of drug-likeness (QED) is 0.586. The Bertz CT molecular complexity index is 378. The molecule has 0 spiro atoms. The molecule has 2 amide bonds. The molecule has 0 aromatic heterocycles. The number of carbonyl (C=O) groups excluding carboxylic acids is 1. The van der Waals surface area contributed by atoms with Crippen LogP contribution in [0.15, 0.2) is 24.3 Å². The van der Waals surface area contributed by atoms with Gasteiger partial charge in [-0.25, -0.2) is 4.79 Å². The van der Waals surface area contributed by atoms with Gasteiger partial charge in [-0.3, -0.25) is 0 Å². The molecule has 3 N–H and O–H groups in total. The normalized spacial score (nSPS) is 15.1. The summed E-state index contributed by atoms with van der Waals surface area (Å²) in [5, 5.41) is 2.75. The lowest BCUT2D eigenvalue weighted by Crippen LogP contribution is -2.31. The Morgan fingerprint density at radius 1 is 1.35 bits per heavy atom. The number of carbonyl (C=O) groups is 1. The van der Waals surface area contributed by atoms with Crippen LogP contribution in [0.4, 0.5) is 10.5 Å². The highest BCUT2D eigenvalue weighted by Gasteiger charge is 2.18. The molecule has 1 fully saturated rings. The first kappa shape index (κ1) is 11.7. The van der Waals surface area contributed by atoms with Gasteiger partial charge in [-0.05, 0) is 17.7 Å². The van der Waals surface area contributed by atoms with Crippen molar-refractivity contribution >= 4 is 11.7 Å². The van der Waals surface area contributed by atoms with Crippen LogP contribution in [0.1, 0.15) is 5.56 Å². The van der Waals surface area contributed by atoms with E-state index in [1.807, 2.05) is 24.3 Å². The molecule has 0 bridgehead atoms. The van der Waals surface area contributed by atoms with Crippen LogP contribution >= 0.6 is 0 Å². The number of rotatable bonds is 5. The number of amides is 2. The summed E-state index contributed by atoms with van der Waals surface area (Å²) in [6, 6.07) is 7.59. The third-order valence-corrected chi connectivity index (χ3v) is 2.70. The van der Waals surface area contributed by atoms with Crippen LogP contribution in [0, 0.1) is 0 Å². The predicted octanol–water partition coefficient (Wildman–Crippen LogP) is 0.811. The Balaban J connectivity index is 1.66. The number of nitrogens with one attached hydrogen (secondary N) is 1. The number of ether oxygens (including phenoxy) is 1. The van der Waals surface area contributed by atoms with E-state index in [4.69, 9.17) is 10.5 Å². The lowest BCUT2D eigenvalue weighted by Gasteiger charge is -2.13. The van der Waals surface area contributed by atoms with Crippen molar-refractivity contribution in [3.05, 3.63) is 29.8 Å². The summed E-state index contributed by atoms with van der Waals surface area (Å²) in [5.74, 6) is 0. The van der Waals surface area contributed by atoms with E-state index in [9.17, 15) is 4.79 Å². The van der Waals surface area contributed by atoms with Crippen LogP contribution < -0.4 is 11.1 Å². The molecular formula is C12H17N3O2. The number of urea groups is 1. The lowest BCUT2D eigenvalue weighted by atomic mass is 10.2. The van der Waals surface area contributed by atoms with Crippen LogP contribution in [0.2, 0.25) is 0 Å². The molecule has 0 unspecified atom stereocenters. The third kappa shape index (κ3) is 3.35. The monoisotopic (exact) mass is 235 g/mol. The number of benzene rings is 1. The molecule has 1 aromatic rings. The van der Waals surface area contributed by atoms with E-state index in [0.29, 0.717) is 19.8 Å². The fourth-order valence-corrected chi connectivity index (χ4v) is 1.70. The SMILES string of the molecule is Nc1ccc(COCCN2CCNC2=O)cc1. The predicted molar refractivity (Wildman–Crippen MR) is 65.5 cm³/mol. The number of hydrogen-bond acceptors (Lipinski definition) is 3. The highest BCUT2D eigenvalue weighted by atomic mass is 16.5. The molecule has 0 radical (unpaired) electrons. The van der Waals surface area contributed by atoms with Gasteiger partial charge in [0.15, 0.2) is 0 Å². The van der Waals surface area contributed by atoms with Gasteiger partial charge in [0.25, 0.3) is 0 Å². The van der Waals surface area contributed by atoms with Gasteiger partial charge in [-0.2, -0.15) is 0 Å². The second-order valence-electron chi connectivity index (χ2n) is 4.01. The average molecular weight is 235 g/mol. The van der Waals surface area contributed by atoms with Gasteiger partial charge in [0, 0.05) is 25.3 Å². The van der Waals surface area contributed by atoms with Crippen LogP contribution in [0.3, 0.4) is 0 Å². The molecule has 92 valence electrons. The third-order valence-electron chi connectivity index (χ3n) is 2.70. The second-order valence-corrected chi connectivity index (χ2v) is 4.01. The van der Waals surface area contributed by atoms with Crippen LogP contribution in [0.25, 0.3) is 0 Å². The first-order chi connectivity index (χ1) is 8.25. The molecule has 1 heterocycles. The number of hydrogen-bond donors (Lipinski definition) is 2. The van der Waals surface area contributed by atoms with Crippen molar-refractivity contribution in [1.82, 2.24) is 10.2 Å². The Morgan fingerprint density at radius 3 is 2.76 bits per heavy atom. The Hall–Kier alpha value is -1.75. The zero-order chi connectivity index (χ0) is 12.1. The van der Waals surface area contributed by atoms with Crippen molar-refractivity contribution in [3.63, 3.8) is 0 Å². The molecule has 5 nitrogen and oxygen atoms in total. The van der Waals surface area contributed by atoms with Crippen LogP contribution in [0.5, 0.6) is 0 Å². The summed E-state index contributed by atoms with van der Waals surface area (Å²) in [6.45, 7) is 3.25. The minimum Gasteiger partial charge on any atom is -0.399 e. The molecule has 1 saturated heterocycles. The number of nitrogens with two attached hydrogens (primary N) is 1. The van der Waals surface area contributed by atoms with Crippen molar-refractivity contribution in [2.24, 2.45) is 0 Å². The van der Waals surface area contributed by atoms with E-state index >= 15 is 0 Å². The number of nitrogens with zero attached hydrogens (tertiary/aromatic N) is 1. The summed E-state index contributed by atoms with van der Waals surface area (Å²) in [7, 11) is 0. The van der Waals surface area contributed by atoms with Crippen molar-refractivity contribution in [2.45, 2.75) is 6.61 Å². The first-order valence-corrected chi connectivity index (χ1v) is 5.70. The van der Waals surface area contributed by atoms with Crippen molar-refractivity contribution in [2.75, 3.05) is 32.0 Å². The molecule has 0 saturated carbocycles. The minimum absolute atomic E-state index is 0.00100. The standard InChI is InChI=1S/C12H17N3O2/c13-11-3-1-10(2-4-11)9-17-8-7-15-6-5-14-12(15)16/h1-4H,5-9,13H2,(H,14,16). The first-order valence-electron chi connectivity index (χ1n) is 5.70. The maximum absolute atomic E-state index is 11.2. The molecule has 0 atom stereocenters. The van der Waals surface area contributed by atoms with Gasteiger partial charge < -0.3 is 20.7 Å². The smallest absolute Gasteiger partial charge is 0.317 e. The number of nitrogen functional groups attached to an aromatic ring is 1. The maximum atomic E-state index is 11.2. The summed E-state index contributed by atoms with van der Waals surface area (Å²) in [4.78, 5) is 13.0. The van der Waals surface area contributed by atoms with Crippen molar-refractivity contribution in [1.29, 1.82) is 0 Å². The molecule has 1 aliphatic rings. The molecule has 17 heavy (non-hydrogen) atoms. The molecular weight excluding hydrogens is 218 g/mol. The van der Waals surface area contributed by atoms with Gasteiger partial charge in [0.2, 0.25) is 0 Å². The Labute approximate surface area is 101 Å². The van der Waals surface area contributed by atoms with E-state index in [0.717, 1.165) is 24.3 Å². The van der Waals surface area contributed by atoms with Crippen LogP contribution in [-0.2, 0) is 11.3 Å². The fourth-order valence-electron chi connectivity index (χ4n) is 1.70. The van der Waals surface area contributed by atoms with Gasteiger partial charge in [-0.1, -0.05) is 12.1 Å². The maximum Gasteiger partial charge on any atom is 0.317 e. The summed E-state index contributed by atoms with van der Waals surface area (Å²) in [6.07, 6.45) is 0. The Kier molecular flexibility index (Phi) is 3.82. The number of anilines is 1. The summed E-state index contributed by atoms with van der Waals surface area (Å²) < 4.78 is 5.51. The molecule has 2 rings (SSSR count). The average Bonchev–Trinajstić information content (AvgIpc) is 2.73. The van der Waals surface area contributed by atoms with Crippen molar-refractivity contribution in [3.8, 4) is 0 Å². The fraction of sp³-hybridized carbons (Fsp3) is 0.417. The van der Waals surface area contributed by atoms with Gasteiger partial charge in [-0.15, -0.1) is 0 Å². The molecule has 1 aliphatic heterocycles. The van der Waals surface area contributed by atoms with E-state index in [1.165, 1.54) is 0 Å². The van der Waals surface area contributed by atoms with Crippen LogP contribution in [-0.4, -0.2) is 37.2 Å². The minimum atomic E-state index is 0.00100. The molecule has 1 aromatic carbocycles. The topological polar surface area (TPSA) is 67.6 Å².